The minimum absolute atomic E-state index is 0.833. The monoisotopic (exact) mass is 186 g/mol. The summed E-state index contributed by atoms with van der Waals surface area (Å²) < 4.78 is 6.51. The van der Waals surface area contributed by atoms with E-state index in [9.17, 15) is 0 Å². The normalized spacial score (nSPS) is 12.3. The van der Waals surface area contributed by atoms with Crippen LogP contribution in [0.4, 0.5) is 0 Å². The molecule has 0 heterocycles. The first-order chi connectivity index (χ1) is 6.24. The van der Waals surface area contributed by atoms with Gasteiger partial charge in [0, 0.05) is 0 Å². The van der Waals surface area contributed by atoms with Crippen LogP contribution in [0.25, 0.3) is 0 Å². The average Bonchev–Trinajstić information content (AvgIpc) is 2.20. The second kappa shape index (κ2) is 6.96. The number of nitrogens with zero attached hydrogens (tertiary/aromatic N) is 1. The van der Waals surface area contributed by atoms with Crippen LogP contribution in [0.15, 0.2) is 12.3 Å². The zero-order valence-corrected chi connectivity index (χ0v) is 9.55. The molecular weight excluding hydrogens is 162 g/mol. The van der Waals surface area contributed by atoms with Gasteiger partial charge < -0.3 is 9.22 Å². The number of ether oxygens (including phenoxy) is 1. The standard InChI is InChI=1S/C11H24NO/c1-5-10-13-11-9-12(6-2,7-3)8-4/h5,10H,6-9,11H2,1-4H3/q+1. The lowest BCUT2D eigenvalue weighted by Gasteiger charge is -2.35. The second-order valence-electron chi connectivity index (χ2n) is 3.35. The first kappa shape index (κ1) is 12.5. The molecule has 78 valence electrons. The fourth-order valence-electron chi connectivity index (χ4n) is 1.56. The third kappa shape index (κ3) is 4.32. The Labute approximate surface area is 82.8 Å². The molecule has 0 amide bonds. The van der Waals surface area contributed by atoms with Gasteiger partial charge in [0.15, 0.2) is 0 Å². The predicted molar refractivity (Wildman–Crippen MR) is 57.5 cm³/mol. The largest absolute Gasteiger partial charge is 0.496 e. The van der Waals surface area contributed by atoms with E-state index in [4.69, 9.17) is 4.74 Å². The van der Waals surface area contributed by atoms with Gasteiger partial charge in [-0.3, -0.25) is 0 Å². The quantitative estimate of drug-likeness (QED) is 0.337. The summed E-state index contributed by atoms with van der Waals surface area (Å²) in [4.78, 5) is 0. The zero-order chi connectivity index (χ0) is 10.2. The van der Waals surface area contributed by atoms with Crippen LogP contribution in [0.1, 0.15) is 27.7 Å². The summed E-state index contributed by atoms with van der Waals surface area (Å²) in [6, 6.07) is 0. The highest BCUT2D eigenvalue weighted by molar-refractivity contribution is 4.64. The van der Waals surface area contributed by atoms with Crippen LogP contribution in [0.3, 0.4) is 0 Å². The lowest BCUT2D eigenvalue weighted by molar-refractivity contribution is -0.923. The summed E-state index contributed by atoms with van der Waals surface area (Å²) in [6.45, 7) is 14.3. The Morgan fingerprint density at radius 2 is 1.62 bits per heavy atom. The van der Waals surface area contributed by atoms with Gasteiger partial charge in [-0.2, -0.15) is 0 Å². The summed E-state index contributed by atoms with van der Waals surface area (Å²) in [5.74, 6) is 0. The Hall–Kier alpha value is -0.500. The Bertz CT molecular complexity index is 131. The van der Waals surface area contributed by atoms with E-state index >= 15 is 0 Å². The van der Waals surface area contributed by atoms with Gasteiger partial charge >= 0.3 is 0 Å². The Kier molecular flexibility index (Phi) is 6.69. The van der Waals surface area contributed by atoms with Crippen molar-refractivity contribution in [3.63, 3.8) is 0 Å². The van der Waals surface area contributed by atoms with Crippen LogP contribution in [-0.2, 0) is 4.74 Å². The third-order valence-corrected chi connectivity index (χ3v) is 2.93. The third-order valence-electron chi connectivity index (χ3n) is 2.93. The molecule has 0 aromatic carbocycles. The van der Waals surface area contributed by atoms with Crippen molar-refractivity contribution in [1.82, 2.24) is 0 Å². The second-order valence-corrected chi connectivity index (χ2v) is 3.35. The van der Waals surface area contributed by atoms with Crippen molar-refractivity contribution in [3.8, 4) is 0 Å². The van der Waals surface area contributed by atoms with E-state index in [2.05, 4.69) is 20.8 Å². The number of rotatable bonds is 7. The molecule has 0 unspecified atom stereocenters. The van der Waals surface area contributed by atoms with E-state index in [1.54, 1.807) is 6.26 Å². The topological polar surface area (TPSA) is 9.23 Å². The van der Waals surface area contributed by atoms with Gasteiger partial charge in [0.1, 0.15) is 13.2 Å². The fourth-order valence-corrected chi connectivity index (χ4v) is 1.56. The number of hydrogen-bond donors (Lipinski definition) is 0. The molecule has 0 spiro atoms. The molecule has 0 N–H and O–H groups in total. The molecule has 13 heavy (non-hydrogen) atoms. The highest BCUT2D eigenvalue weighted by Gasteiger charge is 2.19. The van der Waals surface area contributed by atoms with Crippen molar-refractivity contribution >= 4 is 0 Å². The molecule has 0 bridgehead atoms. The van der Waals surface area contributed by atoms with Crippen LogP contribution in [0.5, 0.6) is 0 Å². The van der Waals surface area contributed by atoms with Gasteiger partial charge in [-0.1, -0.05) is 6.08 Å². The van der Waals surface area contributed by atoms with E-state index in [0.717, 1.165) is 17.6 Å². The molecule has 0 aromatic heterocycles. The SMILES string of the molecule is CC=COCC[N+](CC)(CC)CC. The molecular formula is C11H24NO+. The summed E-state index contributed by atoms with van der Waals surface area (Å²) in [5, 5.41) is 0. The molecule has 0 aliphatic carbocycles. The molecule has 0 aliphatic rings. The van der Waals surface area contributed by atoms with Crippen molar-refractivity contribution in [2.24, 2.45) is 0 Å². The van der Waals surface area contributed by atoms with Gasteiger partial charge in [0.25, 0.3) is 0 Å². The van der Waals surface area contributed by atoms with Crippen LogP contribution >= 0.6 is 0 Å². The highest BCUT2D eigenvalue weighted by atomic mass is 16.5. The maximum Gasteiger partial charge on any atom is 0.136 e. The lowest BCUT2D eigenvalue weighted by Crippen LogP contribution is -2.49. The lowest BCUT2D eigenvalue weighted by atomic mass is 10.3. The minimum Gasteiger partial charge on any atom is -0.496 e. The molecule has 0 rings (SSSR count). The molecule has 0 saturated carbocycles. The summed E-state index contributed by atoms with van der Waals surface area (Å²) in [6.07, 6.45) is 3.70. The van der Waals surface area contributed by atoms with Gasteiger partial charge in [0.05, 0.1) is 25.9 Å². The molecule has 0 saturated heterocycles. The van der Waals surface area contributed by atoms with E-state index in [1.807, 2.05) is 13.0 Å². The van der Waals surface area contributed by atoms with Gasteiger partial charge in [-0.05, 0) is 27.7 Å². The Balaban J connectivity index is 3.81. The van der Waals surface area contributed by atoms with Gasteiger partial charge in [-0.15, -0.1) is 0 Å². The molecule has 0 aromatic rings. The van der Waals surface area contributed by atoms with Crippen LogP contribution in [0.2, 0.25) is 0 Å². The fraction of sp³-hybridized carbons (Fsp3) is 0.818. The van der Waals surface area contributed by atoms with Crippen molar-refractivity contribution in [3.05, 3.63) is 12.3 Å². The number of hydrogen-bond acceptors (Lipinski definition) is 1. The molecule has 2 nitrogen and oxygen atoms in total. The zero-order valence-electron chi connectivity index (χ0n) is 9.55. The van der Waals surface area contributed by atoms with Gasteiger partial charge in [-0.25, -0.2) is 0 Å². The summed E-state index contributed by atoms with van der Waals surface area (Å²) in [7, 11) is 0. The molecule has 0 radical (unpaired) electrons. The van der Waals surface area contributed by atoms with E-state index in [-0.39, 0.29) is 0 Å². The highest BCUT2D eigenvalue weighted by Crippen LogP contribution is 2.04. The number of quaternary nitrogens is 1. The molecule has 2 heteroatoms. The van der Waals surface area contributed by atoms with Crippen molar-refractivity contribution in [2.45, 2.75) is 27.7 Å². The smallest absolute Gasteiger partial charge is 0.136 e. The number of likely N-dealkylation sites (N-methyl/N-ethyl adjacent to an activating group) is 1. The van der Waals surface area contributed by atoms with Crippen molar-refractivity contribution in [2.75, 3.05) is 32.8 Å². The predicted octanol–water partition coefficient (Wildman–Crippen LogP) is 2.41. The van der Waals surface area contributed by atoms with Crippen LogP contribution in [-0.4, -0.2) is 37.3 Å². The molecule has 0 fully saturated rings. The first-order valence-electron chi connectivity index (χ1n) is 5.32. The van der Waals surface area contributed by atoms with Crippen molar-refractivity contribution in [1.29, 1.82) is 0 Å². The van der Waals surface area contributed by atoms with E-state index < -0.39 is 0 Å². The van der Waals surface area contributed by atoms with Gasteiger partial charge in [0.2, 0.25) is 0 Å². The Morgan fingerprint density at radius 3 is 2.00 bits per heavy atom. The van der Waals surface area contributed by atoms with E-state index in [0.29, 0.717) is 0 Å². The maximum atomic E-state index is 5.35. The summed E-state index contributed by atoms with van der Waals surface area (Å²) >= 11 is 0. The maximum absolute atomic E-state index is 5.35. The van der Waals surface area contributed by atoms with Crippen LogP contribution in [0, 0.1) is 0 Å². The Morgan fingerprint density at radius 1 is 1.08 bits per heavy atom. The minimum atomic E-state index is 0.833. The first-order valence-corrected chi connectivity index (χ1v) is 5.32. The molecule has 0 aliphatic heterocycles. The molecule has 0 atom stereocenters. The van der Waals surface area contributed by atoms with Crippen LogP contribution < -0.4 is 0 Å². The van der Waals surface area contributed by atoms with E-state index in [1.165, 1.54) is 19.6 Å². The number of allylic oxidation sites excluding steroid dienone is 1. The van der Waals surface area contributed by atoms with Crippen molar-refractivity contribution < 1.29 is 9.22 Å². The summed E-state index contributed by atoms with van der Waals surface area (Å²) in [5.41, 5.74) is 0. The average molecular weight is 186 g/mol.